The van der Waals surface area contributed by atoms with Gasteiger partial charge in [0.2, 0.25) is 11.8 Å². The Morgan fingerprint density at radius 2 is 1.67 bits per heavy atom. The van der Waals surface area contributed by atoms with Gasteiger partial charge < -0.3 is 15.1 Å². The Balaban J connectivity index is 1.26. The summed E-state index contributed by atoms with van der Waals surface area (Å²) >= 11 is 0. The Labute approximate surface area is 162 Å². The molecule has 1 aliphatic carbocycles. The average molecular weight is 370 g/mol. The minimum absolute atomic E-state index is 0.00656. The maximum atomic E-state index is 12.9. The minimum Gasteiger partial charge on any atom is -0.339 e. The summed E-state index contributed by atoms with van der Waals surface area (Å²) in [5, 5.41) is 3.59. The summed E-state index contributed by atoms with van der Waals surface area (Å²) in [6.45, 7) is 4.67. The van der Waals surface area contributed by atoms with Crippen LogP contribution in [0.2, 0.25) is 0 Å². The lowest BCUT2D eigenvalue weighted by atomic mass is 9.85. The topological polar surface area (TPSA) is 52.7 Å². The third-order valence-electron chi connectivity index (χ3n) is 6.58. The van der Waals surface area contributed by atoms with E-state index >= 15 is 0 Å². The lowest BCUT2D eigenvalue weighted by molar-refractivity contribution is -0.140. The number of nitrogens with one attached hydrogen (secondary N) is 1. The molecule has 2 heterocycles. The molecule has 3 atom stereocenters. The first-order valence-electron chi connectivity index (χ1n) is 10.5. The number of piperazine rings is 1. The van der Waals surface area contributed by atoms with Crippen molar-refractivity contribution in [2.75, 3.05) is 26.2 Å². The number of carbonyl (C=O) groups is 2. The predicted molar refractivity (Wildman–Crippen MR) is 105 cm³/mol. The second kappa shape index (κ2) is 8.01. The van der Waals surface area contributed by atoms with Crippen LogP contribution in [0.15, 0.2) is 24.3 Å². The first-order chi connectivity index (χ1) is 13.1. The molecular weight excluding hydrogens is 338 g/mol. The van der Waals surface area contributed by atoms with Gasteiger partial charge in [-0.25, -0.2) is 0 Å². The molecule has 2 aliphatic heterocycles. The molecule has 0 aromatic heterocycles. The molecule has 4 rings (SSSR count). The van der Waals surface area contributed by atoms with Crippen LogP contribution in [0.4, 0.5) is 0 Å². The fraction of sp³-hybridized carbons (Fsp3) is 0.636. The van der Waals surface area contributed by atoms with Gasteiger partial charge >= 0.3 is 0 Å². The molecule has 3 fully saturated rings. The van der Waals surface area contributed by atoms with Crippen LogP contribution < -0.4 is 5.32 Å². The van der Waals surface area contributed by atoms with Crippen LogP contribution in [-0.2, 0) is 16.0 Å². The monoisotopic (exact) mass is 369 g/mol. The lowest BCUT2D eigenvalue weighted by Crippen LogP contribution is -2.54. The zero-order valence-electron chi connectivity index (χ0n) is 16.3. The number of fused-ring (bicyclic) bond motifs is 1. The summed E-state index contributed by atoms with van der Waals surface area (Å²) < 4.78 is 0. The first kappa shape index (κ1) is 18.5. The van der Waals surface area contributed by atoms with Crippen molar-refractivity contribution in [2.24, 2.45) is 5.92 Å². The highest BCUT2D eigenvalue weighted by Gasteiger charge is 2.40. The van der Waals surface area contributed by atoms with Gasteiger partial charge in [0.15, 0.2) is 0 Å². The molecule has 1 aromatic rings. The van der Waals surface area contributed by atoms with E-state index in [0.717, 1.165) is 12.0 Å². The number of nitrogens with zero attached hydrogens (tertiary/aromatic N) is 2. The summed E-state index contributed by atoms with van der Waals surface area (Å²) in [5.74, 6) is 1.09. The summed E-state index contributed by atoms with van der Waals surface area (Å²) in [7, 11) is 0. The number of benzene rings is 1. The Morgan fingerprint density at radius 1 is 1.00 bits per heavy atom. The Kier molecular flexibility index (Phi) is 5.48. The molecule has 1 aromatic carbocycles. The second-order valence-electron chi connectivity index (χ2n) is 8.47. The fourth-order valence-electron chi connectivity index (χ4n) is 4.90. The number of hydrogen-bond donors (Lipinski definition) is 1. The smallest absolute Gasteiger partial charge is 0.239 e. The third-order valence-corrected chi connectivity index (χ3v) is 6.58. The molecule has 3 aliphatic rings. The molecule has 3 unspecified atom stereocenters. The number of carbonyl (C=O) groups excluding carboxylic acids is 2. The summed E-state index contributed by atoms with van der Waals surface area (Å²) in [6.07, 6.45) is 6.53. The number of hydrogen-bond acceptors (Lipinski definition) is 3. The van der Waals surface area contributed by atoms with E-state index in [4.69, 9.17) is 0 Å². The Bertz CT molecular complexity index is 665. The standard InChI is InChI=1S/C22H31N3O2/c1-16-6-8-17(9-7-16)14-21(26)24-10-12-25(13-11-24)22(27)20-15-18-4-2-3-5-19(18)23-20/h6-9,18-20,23H,2-5,10-15H2,1H3. The maximum absolute atomic E-state index is 12.9. The molecule has 5 nitrogen and oxygen atoms in total. The van der Waals surface area contributed by atoms with Crippen molar-refractivity contribution in [3.63, 3.8) is 0 Å². The number of rotatable bonds is 3. The van der Waals surface area contributed by atoms with E-state index < -0.39 is 0 Å². The largest absolute Gasteiger partial charge is 0.339 e. The highest BCUT2D eigenvalue weighted by atomic mass is 16.2. The number of aryl methyl sites for hydroxylation is 1. The van der Waals surface area contributed by atoms with Gasteiger partial charge in [-0.3, -0.25) is 9.59 Å². The van der Waals surface area contributed by atoms with E-state index in [1.807, 2.05) is 34.1 Å². The molecule has 27 heavy (non-hydrogen) atoms. The summed E-state index contributed by atoms with van der Waals surface area (Å²) in [6, 6.07) is 8.69. The van der Waals surface area contributed by atoms with Crippen LogP contribution in [0.25, 0.3) is 0 Å². The zero-order valence-corrected chi connectivity index (χ0v) is 16.3. The fourth-order valence-corrected chi connectivity index (χ4v) is 4.90. The zero-order chi connectivity index (χ0) is 18.8. The van der Waals surface area contributed by atoms with Crippen LogP contribution in [0, 0.1) is 12.8 Å². The van der Waals surface area contributed by atoms with Crippen molar-refractivity contribution < 1.29 is 9.59 Å². The SMILES string of the molecule is Cc1ccc(CC(=O)N2CCN(C(=O)C3CC4CCCCC4N3)CC2)cc1. The summed E-state index contributed by atoms with van der Waals surface area (Å²) in [4.78, 5) is 29.3. The van der Waals surface area contributed by atoms with Gasteiger partial charge in [-0.15, -0.1) is 0 Å². The molecule has 0 bridgehead atoms. The second-order valence-corrected chi connectivity index (χ2v) is 8.47. The van der Waals surface area contributed by atoms with Crippen molar-refractivity contribution in [1.29, 1.82) is 0 Å². The minimum atomic E-state index is -0.00656. The van der Waals surface area contributed by atoms with Gasteiger partial charge in [0.1, 0.15) is 0 Å². The molecule has 5 heteroatoms. The van der Waals surface area contributed by atoms with E-state index in [-0.39, 0.29) is 17.9 Å². The molecule has 1 N–H and O–H groups in total. The molecule has 0 radical (unpaired) electrons. The van der Waals surface area contributed by atoms with Crippen molar-refractivity contribution in [2.45, 2.75) is 57.5 Å². The Hall–Kier alpha value is -1.88. The van der Waals surface area contributed by atoms with E-state index in [1.165, 1.54) is 31.2 Å². The first-order valence-corrected chi connectivity index (χ1v) is 10.5. The summed E-state index contributed by atoms with van der Waals surface area (Å²) in [5.41, 5.74) is 2.26. The van der Waals surface area contributed by atoms with Gasteiger partial charge in [-0.05, 0) is 37.7 Å². The highest BCUT2D eigenvalue weighted by molar-refractivity contribution is 5.83. The maximum Gasteiger partial charge on any atom is 0.239 e. The quantitative estimate of drug-likeness (QED) is 0.888. The van der Waals surface area contributed by atoms with Crippen molar-refractivity contribution >= 4 is 11.8 Å². The third kappa shape index (κ3) is 4.18. The highest BCUT2D eigenvalue weighted by Crippen LogP contribution is 2.33. The van der Waals surface area contributed by atoms with Gasteiger partial charge in [0.25, 0.3) is 0 Å². The molecule has 2 amide bonds. The van der Waals surface area contributed by atoms with Gasteiger partial charge in [-0.2, -0.15) is 0 Å². The van der Waals surface area contributed by atoms with Crippen LogP contribution in [-0.4, -0.2) is 59.9 Å². The van der Waals surface area contributed by atoms with Crippen molar-refractivity contribution in [3.8, 4) is 0 Å². The van der Waals surface area contributed by atoms with Crippen molar-refractivity contribution in [1.82, 2.24) is 15.1 Å². The lowest BCUT2D eigenvalue weighted by Gasteiger charge is -2.36. The predicted octanol–water partition coefficient (Wildman–Crippen LogP) is 2.13. The van der Waals surface area contributed by atoms with Gasteiger partial charge in [0, 0.05) is 32.2 Å². The van der Waals surface area contributed by atoms with Crippen molar-refractivity contribution in [3.05, 3.63) is 35.4 Å². The molecule has 146 valence electrons. The van der Waals surface area contributed by atoms with E-state index in [2.05, 4.69) is 12.2 Å². The Morgan fingerprint density at radius 3 is 2.37 bits per heavy atom. The molecular formula is C22H31N3O2. The molecule has 2 saturated heterocycles. The van der Waals surface area contributed by atoms with Gasteiger partial charge in [-0.1, -0.05) is 42.7 Å². The normalized spacial score (nSPS) is 28.1. The van der Waals surface area contributed by atoms with Gasteiger partial charge in [0.05, 0.1) is 12.5 Å². The van der Waals surface area contributed by atoms with E-state index in [1.54, 1.807) is 0 Å². The van der Waals surface area contributed by atoms with E-state index in [0.29, 0.717) is 44.6 Å². The van der Waals surface area contributed by atoms with Crippen LogP contribution in [0.1, 0.15) is 43.2 Å². The van der Waals surface area contributed by atoms with E-state index in [9.17, 15) is 9.59 Å². The van der Waals surface area contributed by atoms with Crippen LogP contribution >= 0.6 is 0 Å². The number of amides is 2. The molecule has 0 spiro atoms. The average Bonchev–Trinajstić information content (AvgIpc) is 3.13. The van der Waals surface area contributed by atoms with Crippen LogP contribution in [0.5, 0.6) is 0 Å². The molecule has 1 saturated carbocycles. The van der Waals surface area contributed by atoms with Crippen LogP contribution in [0.3, 0.4) is 0 Å².